The van der Waals surface area contributed by atoms with Gasteiger partial charge in [0.2, 0.25) is 9.84 Å². The van der Waals surface area contributed by atoms with Crippen LogP contribution >= 0.6 is 0 Å². The van der Waals surface area contributed by atoms with Crippen LogP contribution in [0.25, 0.3) is 0 Å². The maximum absolute atomic E-state index is 12.7. The zero-order valence-corrected chi connectivity index (χ0v) is 14.2. The Kier molecular flexibility index (Phi) is 5.60. The van der Waals surface area contributed by atoms with Crippen LogP contribution in [0, 0.1) is 6.92 Å². The highest BCUT2D eigenvalue weighted by molar-refractivity contribution is 7.96. The van der Waals surface area contributed by atoms with E-state index in [1.165, 1.54) is 18.2 Å². The van der Waals surface area contributed by atoms with E-state index in [1.807, 2.05) is 6.92 Å². The van der Waals surface area contributed by atoms with Gasteiger partial charge in [-0.05, 0) is 51.0 Å². The molecule has 1 aliphatic heterocycles. The average Bonchev–Trinajstić information content (AvgIpc) is 3.01. The summed E-state index contributed by atoms with van der Waals surface area (Å²) < 4.78 is 30.4. The molecular formula is C17H21NO4S. The summed E-state index contributed by atoms with van der Waals surface area (Å²) in [5.41, 5.74) is 1.87. The molecule has 0 atom stereocenters. The summed E-state index contributed by atoms with van der Waals surface area (Å²) in [6, 6.07) is 6.40. The van der Waals surface area contributed by atoms with E-state index in [1.54, 1.807) is 25.1 Å². The zero-order chi connectivity index (χ0) is 16.9. The van der Waals surface area contributed by atoms with E-state index in [2.05, 4.69) is 5.32 Å². The molecule has 0 saturated carbocycles. The van der Waals surface area contributed by atoms with Gasteiger partial charge in [-0.1, -0.05) is 17.7 Å². The number of carbonyl (C=O) groups is 1. The second-order valence-corrected chi connectivity index (χ2v) is 7.21. The van der Waals surface area contributed by atoms with Crippen LogP contribution in [0.1, 0.15) is 25.3 Å². The number of allylic oxidation sites excluding steroid dienone is 3. The number of benzene rings is 1. The monoisotopic (exact) mass is 335 g/mol. The van der Waals surface area contributed by atoms with Crippen molar-refractivity contribution in [2.75, 3.05) is 13.2 Å². The molecule has 1 aromatic rings. The van der Waals surface area contributed by atoms with E-state index in [9.17, 15) is 13.2 Å². The first-order chi connectivity index (χ1) is 10.9. The van der Waals surface area contributed by atoms with Crippen LogP contribution in [0.4, 0.5) is 0 Å². The average molecular weight is 335 g/mol. The third kappa shape index (κ3) is 4.22. The minimum atomic E-state index is -3.92. The third-order valence-corrected chi connectivity index (χ3v) is 5.28. The fourth-order valence-corrected chi connectivity index (χ4v) is 3.52. The van der Waals surface area contributed by atoms with E-state index in [0.717, 1.165) is 30.6 Å². The maximum Gasteiger partial charge on any atom is 0.350 e. The number of rotatable bonds is 5. The van der Waals surface area contributed by atoms with Gasteiger partial charge in [-0.25, -0.2) is 13.2 Å². The Morgan fingerprint density at radius 3 is 2.57 bits per heavy atom. The Morgan fingerprint density at radius 2 is 2.00 bits per heavy atom. The van der Waals surface area contributed by atoms with Crippen LogP contribution in [0.3, 0.4) is 0 Å². The van der Waals surface area contributed by atoms with Crippen molar-refractivity contribution in [3.63, 3.8) is 0 Å². The van der Waals surface area contributed by atoms with Crippen molar-refractivity contribution in [1.29, 1.82) is 0 Å². The molecule has 1 heterocycles. The van der Waals surface area contributed by atoms with Gasteiger partial charge in [-0.15, -0.1) is 0 Å². The van der Waals surface area contributed by atoms with Crippen molar-refractivity contribution >= 4 is 15.8 Å². The maximum atomic E-state index is 12.7. The molecule has 0 unspecified atom stereocenters. The molecule has 0 amide bonds. The van der Waals surface area contributed by atoms with Crippen molar-refractivity contribution in [2.45, 2.75) is 31.6 Å². The normalized spacial score (nSPS) is 17.1. The largest absolute Gasteiger partial charge is 0.462 e. The quantitative estimate of drug-likeness (QED) is 0.661. The summed E-state index contributed by atoms with van der Waals surface area (Å²) in [6.07, 6.45) is 4.82. The SMILES string of the molecule is CCOC(=O)/C(=C\C=C1/CCCN1)S(=O)(=O)c1ccc(C)cc1. The van der Waals surface area contributed by atoms with E-state index in [-0.39, 0.29) is 16.4 Å². The topological polar surface area (TPSA) is 72.5 Å². The molecule has 1 saturated heterocycles. The van der Waals surface area contributed by atoms with Gasteiger partial charge >= 0.3 is 5.97 Å². The highest BCUT2D eigenvalue weighted by Gasteiger charge is 2.27. The Bertz CT molecular complexity index is 722. The Labute approximate surface area is 137 Å². The standard InChI is InChI=1S/C17H21NO4S/c1-3-22-17(19)16(11-8-14-5-4-12-18-14)23(20,21)15-9-6-13(2)7-10-15/h6-11,18H,3-5,12H2,1-2H3/b14-8+,16-11+. The Morgan fingerprint density at radius 1 is 1.30 bits per heavy atom. The van der Waals surface area contributed by atoms with E-state index < -0.39 is 15.8 Å². The van der Waals surface area contributed by atoms with Crippen molar-refractivity contribution < 1.29 is 17.9 Å². The third-order valence-electron chi connectivity index (χ3n) is 3.51. The van der Waals surface area contributed by atoms with Crippen LogP contribution in [-0.2, 0) is 19.4 Å². The summed E-state index contributed by atoms with van der Waals surface area (Å²) in [6.45, 7) is 4.49. The number of nitrogens with one attached hydrogen (secondary N) is 1. The molecule has 1 aliphatic rings. The highest BCUT2D eigenvalue weighted by atomic mass is 32.2. The molecule has 1 N–H and O–H groups in total. The number of sulfone groups is 1. The van der Waals surface area contributed by atoms with Crippen LogP contribution in [0.5, 0.6) is 0 Å². The number of hydrogen-bond donors (Lipinski definition) is 1. The lowest BCUT2D eigenvalue weighted by atomic mass is 10.2. The summed E-state index contributed by atoms with van der Waals surface area (Å²) in [5, 5.41) is 3.15. The van der Waals surface area contributed by atoms with Gasteiger partial charge < -0.3 is 10.1 Å². The minimum absolute atomic E-state index is 0.0835. The lowest BCUT2D eigenvalue weighted by Crippen LogP contribution is -2.17. The van der Waals surface area contributed by atoms with Gasteiger partial charge in [0.05, 0.1) is 11.5 Å². The van der Waals surface area contributed by atoms with Crippen LogP contribution in [0.2, 0.25) is 0 Å². The molecule has 124 valence electrons. The van der Waals surface area contributed by atoms with Gasteiger partial charge in [0, 0.05) is 12.2 Å². The molecule has 0 aliphatic carbocycles. The van der Waals surface area contributed by atoms with Crippen LogP contribution < -0.4 is 5.32 Å². The number of hydrogen-bond acceptors (Lipinski definition) is 5. The van der Waals surface area contributed by atoms with Gasteiger partial charge in [0.15, 0.2) is 4.91 Å². The predicted octanol–water partition coefficient (Wildman–Crippen LogP) is 2.48. The van der Waals surface area contributed by atoms with Crippen molar-refractivity contribution in [3.8, 4) is 0 Å². The molecule has 1 fully saturated rings. The molecule has 0 aromatic heterocycles. The van der Waals surface area contributed by atoms with Gasteiger partial charge in [-0.2, -0.15) is 0 Å². The second-order valence-electron chi connectivity index (χ2n) is 5.29. The smallest absolute Gasteiger partial charge is 0.350 e. The van der Waals surface area contributed by atoms with Crippen LogP contribution in [0.15, 0.2) is 51.9 Å². The van der Waals surface area contributed by atoms with Gasteiger partial charge in [0.25, 0.3) is 0 Å². The first kappa shape index (κ1) is 17.3. The predicted molar refractivity (Wildman–Crippen MR) is 88.4 cm³/mol. The number of ether oxygens (including phenoxy) is 1. The van der Waals surface area contributed by atoms with E-state index in [4.69, 9.17) is 4.74 Å². The fourth-order valence-electron chi connectivity index (χ4n) is 2.25. The second kappa shape index (κ2) is 7.46. The number of carbonyl (C=O) groups excluding carboxylic acids is 1. The van der Waals surface area contributed by atoms with E-state index >= 15 is 0 Å². The first-order valence-corrected chi connectivity index (χ1v) is 9.07. The summed E-state index contributed by atoms with van der Waals surface area (Å²) in [4.78, 5) is 11.9. The van der Waals surface area contributed by atoms with Crippen molar-refractivity contribution in [1.82, 2.24) is 5.32 Å². The number of aryl methyl sites for hydroxylation is 1. The minimum Gasteiger partial charge on any atom is -0.462 e. The summed E-state index contributed by atoms with van der Waals surface area (Å²) in [5.74, 6) is -0.831. The molecule has 0 spiro atoms. The molecule has 6 heteroatoms. The van der Waals surface area contributed by atoms with Gasteiger partial charge in [0.1, 0.15) is 0 Å². The molecular weight excluding hydrogens is 314 g/mol. The number of esters is 1. The lowest BCUT2D eigenvalue weighted by Gasteiger charge is -2.09. The van der Waals surface area contributed by atoms with Crippen molar-refractivity contribution in [3.05, 3.63) is 52.6 Å². The fraction of sp³-hybridized carbons (Fsp3) is 0.353. The Balaban J connectivity index is 2.43. The molecule has 0 bridgehead atoms. The summed E-state index contributed by atoms with van der Waals surface area (Å²) in [7, 11) is -3.92. The van der Waals surface area contributed by atoms with E-state index in [0.29, 0.717) is 0 Å². The molecule has 5 nitrogen and oxygen atoms in total. The molecule has 2 rings (SSSR count). The van der Waals surface area contributed by atoms with Crippen molar-refractivity contribution in [2.24, 2.45) is 0 Å². The Hall–Kier alpha value is -2.08. The first-order valence-electron chi connectivity index (χ1n) is 7.58. The molecule has 23 heavy (non-hydrogen) atoms. The molecule has 0 radical (unpaired) electrons. The zero-order valence-electron chi connectivity index (χ0n) is 13.3. The van der Waals surface area contributed by atoms with Crippen LogP contribution in [-0.4, -0.2) is 27.5 Å². The lowest BCUT2D eigenvalue weighted by molar-refractivity contribution is -0.137. The molecule has 1 aromatic carbocycles. The highest BCUT2D eigenvalue weighted by Crippen LogP contribution is 2.22. The van der Waals surface area contributed by atoms with Gasteiger partial charge in [-0.3, -0.25) is 0 Å². The summed E-state index contributed by atoms with van der Waals surface area (Å²) >= 11 is 0.